The zero-order valence-electron chi connectivity index (χ0n) is 28.0. The van der Waals surface area contributed by atoms with E-state index in [2.05, 4.69) is 19.9 Å². The third-order valence-electron chi connectivity index (χ3n) is 7.72. The van der Waals surface area contributed by atoms with Crippen molar-refractivity contribution < 1.29 is 29.0 Å². The number of ether oxygens (including phenoxy) is 2. The molecule has 0 heterocycles. The smallest absolute Gasteiger partial charge is 0.306 e. The Morgan fingerprint density at radius 3 is 1.60 bits per heavy atom. The number of unbranched alkanes of at least 4 members (excludes halogenated alkanes) is 19. The highest BCUT2D eigenvalue weighted by molar-refractivity contribution is 5.89. The normalized spacial score (nSPS) is 12.3. The van der Waals surface area contributed by atoms with Crippen molar-refractivity contribution in [3.8, 4) is 0 Å². The minimum atomic E-state index is -0.796. The van der Waals surface area contributed by atoms with Crippen molar-refractivity contribution >= 4 is 17.7 Å². The maximum absolute atomic E-state index is 12.1. The van der Waals surface area contributed by atoms with Crippen LogP contribution in [0, 0.1) is 0 Å². The quantitative estimate of drug-likeness (QED) is 0.0355. The molecule has 0 aromatic carbocycles. The van der Waals surface area contributed by atoms with Crippen LogP contribution in [0.25, 0.3) is 0 Å². The number of hydrogen-bond donors (Lipinski definition) is 1. The largest absolute Gasteiger partial charge is 0.462 e. The summed E-state index contributed by atoms with van der Waals surface area (Å²) >= 11 is 0. The van der Waals surface area contributed by atoms with E-state index in [1.165, 1.54) is 64.2 Å². The molecule has 0 aliphatic carbocycles. The van der Waals surface area contributed by atoms with Crippen molar-refractivity contribution in [2.75, 3.05) is 13.2 Å². The van der Waals surface area contributed by atoms with Gasteiger partial charge in [0.25, 0.3) is 0 Å². The number of esters is 2. The fourth-order valence-electron chi connectivity index (χ4n) is 4.95. The first-order chi connectivity index (χ1) is 21.0. The van der Waals surface area contributed by atoms with Gasteiger partial charge in [-0.25, -0.2) is 0 Å². The summed E-state index contributed by atoms with van der Waals surface area (Å²) in [6.45, 7) is 3.95. The summed E-state index contributed by atoms with van der Waals surface area (Å²) in [5.41, 5.74) is 0. The van der Waals surface area contributed by atoms with E-state index in [1.807, 2.05) is 12.2 Å². The van der Waals surface area contributed by atoms with Gasteiger partial charge in [-0.1, -0.05) is 141 Å². The molecule has 0 aromatic rings. The topological polar surface area (TPSA) is 89.9 Å². The summed E-state index contributed by atoms with van der Waals surface area (Å²) in [6.07, 6.45) is 33.5. The van der Waals surface area contributed by atoms with Crippen molar-refractivity contribution in [2.24, 2.45) is 0 Å². The zero-order chi connectivity index (χ0) is 31.6. The molecule has 1 atom stereocenters. The standard InChI is InChI=1S/C37H66O6/c1-3-5-7-8-9-10-11-12-13-16-19-22-26-30-36(40)42-33-35(32-38)43-37(41)31-27-23-20-17-14-15-18-21-25-29-34(39)28-24-6-4-2/h18,21,25,29,35,38H,3-17,19-20,22-24,26-28,30-33H2,1-2H3/b21-18-,29-25+/t35-/m0/s1. The molecule has 0 bridgehead atoms. The van der Waals surface area contributed by atoms with Crippen LogP contribution < -0.4 is 0 Å². The molecule has 0 radical (unpaired) electrons. The summed E-state index contributed by atoms with van der Waals surface area (Å²) in [4.78, 5) is 35.8. The van der Waals surface area contributed by atoms with Crippen molar-refractivity contribution in [3.63, 3.8) is 0 Å². The lowest BCUT2D eigenvalue weighted by atomic mass is 10.0. The number of allylic oxidation sites excluding steroid dienone is 4. The third-order valence-corrected chi connectivity index (χ3v) is 7.72. The summed E-state index contributed by atoms with van der Waals surface area (Å²) in [5, 5.41) is 9.51. The van der Waals surface area contributed by atoms with Gasteiger partial charge in [-0.2, -0.15) is 0 Å². The van der Waals surface area contributed by atoms with Gasteiger partial charge < -0.3 is 14.6 Å². The number of carbonyl (C=O) groups excluding carboxylic acids is 3. The Labute approximate surface area is 264 Å². The van der Waals surface area contributed by atoms with Gasteiger partial charge in [-0.3, -0.25) is 14.4 Å². The van der Waals surface area contributed by atoms with E-state index in [4.69, 9.17) is 9.47 Å². The van der Waals surface area contributed by atoms with Crippen LogP contribution in [0.4, 0.5) is 0 Å². The second-order valence-electron chi connectivity index (χ2n) is 12.0. The molecule has 0 aliphatic rings. The van der Waals surface area contributed by atoms with E-state index < -0.39 is 6.10 Å². The van der Waals surface area contributed by atoms with Crippen molar-refractivity contribution in [1.82, 2.24) is 0 Å². The van der Waals surface area contributed by atoms with E-state index in [-0.39, 0.29) is 30.9 Å². The maximum Gasteiger partial charge on any atom is 0.306 e. The van der Waals surface area contributed by atoms with Crippen molar-refractivity contribution in [2.45, 2.75) is 180 Å². The molecule has 0 saturated carbocycles. The number of hydrogen-bond acceptors (Lipinski definition) is 6. The monoisotopic (exact) mass is 606 g/mol. The lowest BCUT2D eigenvalue weighted by molar-refractivity contribution is -0.161. The van der Waals surface area contributed by atoms with Crippen LogP contribution in [0.2, 0.25) is 0 Å². The van der Waals surface area contributed by atoms with Crippen LogP contribution in [0.1, 0.15) is 174 Å². The van der Waals surface area contributed by atoms with Gasteiger partial charge >= 0.3 is 11.9 Å². The second-order valence-corrected chi connectivity index (χ2v) is 12.0. The van der Waals surface area contributed by atoms with Crippen molar-refractivity contribution in [1.29, 1.82) is 0 Å². The molecule has 0 unspecified atom stereocenters. The molecule has 6 nitrogen and oxygen atoms in total. The predicted molar refractivity (Wildman–Crippen MR) is 178 cm³/mol. The molecule has 43 heavy (non-hydrogen) atoms. The summed E-state index contributed by atoms with van der Waals surface area (Å²) in [7, 11) is 0. The van der Waals surface area contributed by atoms with Crippen molar-refractivity contribution in [3.05, 3.63) is 24.3 Å². The molecule has 0 spiro atoms. The lowest BCUT2D eigenvalue weighted by Crippen LogP contribution is -2.28. The van der Waals surface area contributed by atoms with Gasteiger partial charge in [0, 0.05) is 19.3 Å². The van der Waals surface area contributed by atoms with Gasteiger partial charge in [0.2, 0.25) is 0 Å². The Morgan fingerprint density at radius 2 is 1.05 bits per heavy atom. The molecule has 0 aliphatic heterocycles. The van der Waals surface area contributed by atoms with Gasteiger partial charge in [0.1, 0.15) is 6.61 Å². The van der Waals surface area contributed by atoms with Gasteiger partial charge in [0.05, 0.1) is 6.61 Å². The lowest BCUT2D eigenvalue weighted by Gasteiger charge is -2.15. The highest BCUT2D eigenvalue weighted by atomic mass is 16.6. The minimum Gasteiger partial charge on any atom is -0.462 e. The fourth-order valence-corrected chi connectivity index (χ4v) is 4.95. The van der Waals surface area contributed by atoms with E-state index in [1.54, 1.807) is 6.08 Å². The highest BCUT2D eigenvalue weighted by Gasteiger charge is 2.16. The van der Waals surface area contributed by atoms with Crippen LogP contribution in [0.3, 0.4) is 0 Å². The van der Waals surface area contributed by atoms with E-state index in [0.717, 1.165) is 77.0 Å². The summed E-state index contributed by atoms with van der Waals surface area (Å²) in [6, 6.07) is 0. The van der Waals surface area contributed by atoms with E-state index >= 15 is 0 Å². The average molecular weight is 607 g/mol. The zero-order valence-corrected chi connectivity index (χ0v) is 28.0. The van der Waals surface area contributed by atoms with E-state index in [0.29, 0.717) is 19.3 Å². The van der Waals surface area contributed by atoms with Crippen LogP contribution in [-0.4, -0.2) is 42.1 Å². The first kappa shape index (κ1) is 41.0. The average Bonchev–Trinajstić information content (AvgIpc) is 3.00. The second kappa shape index (κ2) is 33.0. The Hall–Kier alpha value is -1.95. The van der Waals surface area contributed by atoms with Crippen LogP contribution in [0.5, 0.6) is 0 Å². The van der Waals surface area contributed by atoms with E-state index in [9.17, 15) is 19.5 Å². The number of rotatable bonds is 32. The van der Waals surface area contributed by atoms with Crippen LogP contribution in [0.15, 0.2) is 24.3 Å². The molecular formula is C37H66O6. The molecule has 250 valence electrons. The fraction of sp³-hybridized carbons (Fsp3) is 0.811. The molecule has 6 heteroatoms. The first-order valence-corrected chi connectivity index (χ1v) is 17.8. The Balaban J connectivity index is 3.64. The molecule has 0 rings (SSSR count). The Kier molecular flexibility index (Phi) is 31.5. The first-order valence-electron chi connectivity index (χ1n) is 17.8. The van der Waals surface area contributed by atoms with Gasteiger partial charge in [0.15, 0.2) is 11.9 Å². The molecule has 0 amide bonds. The van der Waals surface area contributed by atoms with Gasteiger partial charge in [-0.05, 0) is 38.2 Å². The summed E-state index contributed by atoms with van der Waals surface area (Å²) < 4.78 is 10.5. The number of aliphatic hydroxyl groups is 1. The molecular weight excluding hydrogens is 540 g/mol. The molecule has 0 saturated heterocycles. The minimum absolute atomic E-state index is 0.0881. The molecule has 0 fully saturated rings. The molecule has 1 N–H and O–H groups in total. The number of ketones is 1. The predicted octanol–water partition coefficient (Wildman–Crippen LogP) is 9.91. The Morgan fingerprint density at radius 1 is 0.581 bits per heavy atom. The van der Waals surface area contributed by atoms with Gasteiger partial charge in [-0.15, -0.1) is 0 Å². The van der Waals surface area contributed by atoms with Crippen LogP contribution >= 0.6 is 0 Å². The van der Waals surface area contributed by atoms with Crippen LogP contribution in [-0.2, 0) is 23.9 Å². The maximum atomic E-state index is 12.1. The molecule has 0 aromatic heterocycles. The SMILES string of the molecule is CCCCCCCCCCCCCCCC(=O)OC[C@H](CO)OC(=O)CCCCCCC/C=C\C=C\C(=O)CCCCC. The summed E-state index contributed by atoms with van der Waals surface area (Å²) in [5.74, 6) is -0.451. The Bertz CT molecular complexity index is 714. The third kappa shape index (κ3) is 31.3. The number of aliphatic hydroxyl groups excluding tert-OH is 1. The number of carbonyl (C=O) groups is 3. The highest BCUT2D eigenvalue weighted by Crippen LogP contribution is 2.14.